The summed E-state index contributed by atoms with van der Waals surface area (Å²) in [4.78, 5) is 50.7. The van der Waals surface area contributed by atoms with Gasteiger partial charge in [0.25, 0.3) is 23.6 Å². The topological polar surface area (TPSA) is 112 Å². The fourth-order valence-electron chi connectivity index (χ4n) is 3.33. The van der Waals surface area contributed by atoms with E-state index in [1.165, 1.54) is 28.4 Å². The molecule has 2 heterocycles. The minimum absolute atomic E-state index is 0.130. The molecule has 0 aliphatic carbocycles. The second-order valence-corrected chi connectivity index (χ2v) is 20.3. The third-order valence-corrected chi connectivity index (χ3v) is 16.6. The summed E-state index contributed by atoms with van der Waals surface area (Å²) in [5.74, 6) is -0.955. The average Bonchev–Trinajstić information content (AvgIpc) is 3.35. The highest BCUT2D eigenvalue weighted by Gasteiger charge is 2.37. The number of imide groups is 2. The van der Waals surface area contributed by atoms with Crippen molar-refractivity contribution in [2.24, 2.45) is 0 Å². The Morgan fingerprint density at radius 3 is 1.03 bits per heavy atom. The van der Waals surface area contributed by atoms with E-state index in [1.54, 1.807) is 48.5 Å². The standard InChI is InChI=1S/2C11H12NO4PS2/c2*1-15-17(18,16-2)19-7-12-10(13)8-5-3-4-6-9(8)11(12)14/h2*3-6H,7H2,1-2H3. The quantitative estimate of drug-likeness (QED) is 0.260. The van der Waals surface area contributed by atoms with Crippen molar-refractivity contribution in [3.8, 4) is 0 Å². The Morgan fingerprint density at radius 2 is 0.816 bits per heavy atom. The smallest absolute Gasteiger partial charge is 0.262 e. The van der Waals surface area contributed by atoms with Gasteiger partial charge in [-0.3, -0.25) is 29.0 Å². The number of hydrogen-bond donors (Lipinski definition) is 0. The molecule has 2 aliphatic heterocycles. The summed E-state index contributed by atoms with van der Waals surface area (Å²) in [7, 11) is 5.83. The molecule has 2 aliphatic rings. The lowest BCUT2D eigenvalue weighted by Crippen LogP contribution is -2.29. The summed E-state index contributed by atoms with van der Waals surface area (Å²) < 4.78 is 20.4. The zero-order valence-corrected chi connectivity index (χ0v) is 25.8. The number of amides is 4. The fourth-order valence-corrected chi connectivity index (χ4v) is 8.69. The van der Waals surface area contributed by atoms with Crippen LogP contribution >= 0.6 is 34.2 Å². The lowest BCUT2D eigenvalue weighted by Gasteiger charge is -2.20. The molecule has 204 valence electrons. The Labute approximate surface area is 238 Å². The van der Waals surface area contributed by atoms with Crippen LogP contribution < -0.4 is 0 Å². The lowest BCUT2D eigenvalue weighted by atomic mass is 10.1. The zero-order chi connectivity index (χ0) is 28.1. The Hall–Kier alpha value is -1.44. The lowest BCUT2D eigenvalue weighted by molar-refractivity contribution is 0.0669. The largest absolute Gasteiger partial charge is 0.325 e. The predicted octanol–water partition coefficient (Wildman–Crippen LogP) is 4.98. The monoisotopic (exact) mass is 634 g/mol. The second kappa shape index (κ2) is 13.3. The van der Waals surface area contributed by atoms with Crippen molar-refractivity contribution in [3.05, 3.63) is 70.8 Å². The summed E-state index contributed by atoms with van der Waals surface area (Å²) in [5.41, 5.74) is -3.25. The van der Waals surface area contributed by atoms with Gasteiger partial charge in [0, 0.05) is 28.4 Å². The van der Waals surface area contributed by atoms with E-state index < -0.39 is 11.4 Å². The van der Waals surface area contributed by atoms with Crippen molar-refractivity contribution >= 4 is 81.4 Å². The van der Waals surface area contributed by atoms with E-state index in [-0.39, 0.29) is 35.4 Å². The van der Waals surface area contributed by atoms with Crippen molar-refractivity contribution in [3.63, 3.8) is 0 Å². The van der Waals surface area contributed by atoms with Crippen LogP contribution in [0.2, 0.25) is 0 Å². The number of rotatable bonds is 10. The molecule has 2 aromatic carbocycles. The SMILES string of the molecule is COP(=S)(OC)SCN1C(=O)c2ccccc2C1=O.COP(=S)(OC)SCN1C(=O)c2ccccc2C1=O. The van der Waals surface area contributed by atoms with Gasteiger partial charge in [0.15, 0.2) is 0 Å². The van der Waals surface area contributed by atoms with Crippen LogP contribution in [-0.2, 0) is 41.7 Å². The maximum absolute atomic E-state index is 12.1. The number of benzene rings is 2. The zero-order valence-electron chi connectivity index (χ0n) is 20.7. The highest BCUT2D eigenvalue weighted by Crippen LogP contribution is 2.60. The fraction of sp³-hybridized carbons (Fsp3) is 0.273. The normalized spacial score (nSPS) is 14.9. The Balaban J connectivity index is 0.000000211. The molecule has 0 saturated heterocycles. The molecule has 16 heteroatoms. The van der Waals surface area contributed by atoms with Crippen LogP contribution in [0.4, 0.5) is 0 Å². The van der Waals surface area contributed by atoms with Crippen molar-refractivity contribution < 1.29 is 37.3 Å². The van der Waals surface area contributed by atoms with Crippen LogP contribution in [0.15, 0.2) is 48.5 Å². The molecular formula is C22H24N2O8P2S4. The minimum Gasteiger partial charge on any atom is -0.325 e. The van der Waals surface area contributed by atoms with Crippen LogP contribution in [0, 0.1) is 0 Å². The Kier molecular flexibility index (Phi) is 10.9. The molecule has 2 aromatic rings. The molecule has 10 nitrogen and oxygen atoms in total. The van der Waals surface area contributed by atoms with Crippen molar-refractivity contribution in [2.75, 3.05) is 40.2 Å². The molecule has 0 saturated carbocycles. The highest BCUT2D eigenvalue weighted by atomic mass is 32.9. The van der Waals surface area contributed by atoms with E-state index >= 15 is 0 Å². The van der Waals surface area contributed by atoms with Gasteiger partial charge in [-0.25, -0.2) is 0 Å². The van der Waals surface area contributed by atoms with Crippen LogP contribution in [0.3, 0.4) is 0 Å². The maximum Gasteiger partial charge on any atom is 0.262 e. The molecule has 4 rings (SSSR count). The van der Waals surface area contributed by atoms with Crippen molar-refractivity contribution in [2.45, 2.75) is 0 Å². The molecule has 0 aromatic heterocycles. The van der Waals surface area contributed by atoms with Crippen LogP contribution in [0.25, 0.3) is 0 Å². The van der Waals surface area contributed by atoms with Crippen LogP contribution in [-0.4, -0.2) is 73.6 Å². The third-order valence-electron chi connectivity index (χ3n) is 5.34. The van der Waals surface area contributed by atoms with Crippen LogP contribution in [0.1, 0.15) is 41.4 Å². The van der Waals surface area contributed by atoms with Gasteiger partial charge in [-0.05, 0) is 70.6 Å². The number of carbonyl (C=O) groups is 4. The molecule has 0 fully saturated rings. The van der Waals surface area contributed by atoms with E-state index in [0.29, 0.717) is 22.3 Å². The summed E-state index contributed by atoms with van der Waals surface area (Å²) >= 11 is 12.7. The molecular weight excluding hydrogens is 610 g/mol. The van der Waals surface area contributed by atoms with Crippen molar-refractivity contribution in [1.29, 1.82) is 0 Å². The van der Waals surface area contributed by atoms with E-state index in [2.05, 4.69) is 0 Å². The van der Waals surface area contributed by atoms with Gasteiger partial charge < -0.3 is 18.1 Å². The molecule has 0 atom stereocenters. The molecule has 0 N–H and O–H groups in total. The van der Waals surface area contributed by atoms with Gasteiger partial charge in [-0.1, -0.05) is 24.3 Å². The summed E-state index contributed by atoms with van der Waals surface area (Å²) in [6.07, 6.45) is 0. The summed E-state index contributed by atoms with van der Waals surface area (Å²) in [6, 6.07) is 13.5. The number of carbonyl (C=O) groups excluding carboxylic acids is 4. The van der Waals surface area contributed by atoms with Gasteiger partial charge in [-0.15, -0.1) is 0 Å². The average molecular weight is 635 g/mol. The third kappa shape index (κ3) is 6.64. The predicted molar refractivity (Wildman–Crippen MR) is 155 cm³/mol. The first-order valence-corrected chi connectivity index (χ1v) is 19.1. The van der Waals surface area contributed by atoms with Crippen LogP contribution in [0.5, 0.6) is 0 Å². The van der Waals surface area contributed by atoms with E-state index in [1.807, 2.05) is 0 Å². The Bertz CT molecular complexity index is 1170. The van der Waals surface area contributed by atoms with E-state index in [9.17, 15) is 19.2 Å². The number of fused-ring (bicyclic) bond motifs is 2. The molecule has 0 radical (unpaired) electrons. The first-order chi connectivity index (χ1) is 18.0. The summed E-state index contributed by atoms with van der Waals surface area (Å²) in [5, 5.41) is 0. The van der Waals surface area contributed by atoms with E-state index in [0.717, 1.165) is 32.6 Å². The van der Waals surface area contributed by atoms with Gasteiger partial charge in [-0.2, -0.15) is 0 Å². The second-order valence-electron chi connectivity index (χ2n) is 7.31. The molecule has 0 spiro atoms. The maximum atomic E-state index is 12.1. The van der Waals surface area contributed by atoms with Gasteiger partial charge in [0.05, 0.1) is 34.0 Å². The number of hydrogen-bond acceptors (Lipinski definition) is 12. The first kappa shape index (κ1) is 31.1. The summed E-state index contributed by atoms with van der Waals surface area (Å²) in [6.45, 7) is 0. The van der Waals surface area contributed by atoms with Gasteiger partial charge >= 0.3 is 0 Å². The molecule has 4 amide bonds. The first-order valence-electron chi connectivity index (χ1n) is 10.7. The Morgan fingerprint density at radius 1 is 0.579 bits per heavy atom. The number of nitrogens with zero attached hydrogens (tertiary/aromatic N) is 2. The molecule has 38 heavy (non-hydrogen) atoms. The van der Waals surface area contributed by atoms with Gasteiger partial charge in [0.1, 0.15) is 0 Å². The molecule has 0 bridgehead atoms. The van der Waals surface area contributed by atoms with Crippen molar-refractivity contribution in [1.82, 2.24) is 9.80 Å². The van der Waals surface area contributed by atoms with E-state index in [4.69, 9.17) is 41.7 Å². The highest BCUT2D eigenvalue weighted by molar-refractivity contribution is 8.68. The minimum atomic E-state index is -2.48. The van der Waals surface area contributed by atoms with Gasteiger partial charge in [0.2, 0.25) is 11.4 Å². The molecule has 0 unspecified atom stereocenters.